The molecule has 4 rings (SSSR count). The summed E-state index contributed by atoms with van der Waals surface area (Å²) in [5.74, 6) is 0.773. The summed E-state index contributed by atoms with van der Waals surface area (Å²) in [5.41, 5.74) is 2.76. The highest BCUT2D eigenvalue weighted by Gasteiger charge is 2.19. The summed E-state index contributed by atoms with van der Waals surface area (Å²) >= 11 is 5.20. The van der Waals surface area contributed by atoms with Gasteiger partial charge in [0.05, 0.1) is 40.9 Å². The molecule has 6 nitrogen and oxygen atoms in total. The summed E-state index contributed by atoms with van der Waals surface area (Å²) in [6.45, 7) is 5.40. The molecule has 0 aliphatic carbocycles. The zero-order valence-corrected chi connectivity index (χ0v) is 18.7. The lowest BCUT2D eigenvalue weighted by molar-refractivity contribution is 0.0383. The van der Waals surface area contributed by atoms with Crippen LogP contribution in [0.15, 0.2) is 40.2 Å². The molecule has 3 aromatic rings. The maximum absolute atomic E-state index is 13.0. The fourth-order valence-electron chi connectivity index (χ4n) is 3.62. The van der Waals surface area contributed by atoms with E-state index in [1.54, 1.807) is 18.4 Å². The first-order chi connectivity index (χ1) is 14.2. The molecule has 1 amide bonds. The van der Waals surface area contributed by atoms with Gasteiger partial charge in [-0.1, -0.05) is 18.2 Å². The number of aromatic nitrogens is 1. The average molecular weight is 478 g/mol. The van der Waals surface area contributed by atoms with Gasteiger partial charge in [0.2, 0.25) is 0 Å². The minimum Gasteiger partial charge on any atom is -0.496 e. The lowest BCUT2D eigenvalue weighted by atomic mass is 10.2. The van der Waals surface area contributed by atoms with Crippen molar-refractivity contribution in [2.75, 3.05) is 46.5 Å². The number of morpholine rings is 1. The Morgan fingerprint density at radius 3 is 2.86 bits per heavy atom. The van der Waals surface area contributed by atoms with Crippen LogP contribution in [0.5, 0.6) is 5.75 Å². The average Bonchev–Trinajstić information content (AvgIpc) is 3.26. The van der Waals surface area contributed by atoms with Crippen LogP contribution in [-0.4, -0.2) is 61.9 Å². The molecular formula is C21H24BrN3O3S. The van der Waals surface area contributed by atoms with Crippen molar-refractivity contribution in [1.29, 1.82) is 0 Å². The van der Waals surface area contributed by atoms with Crippen LogP contribution < -0.4 is 10.1 Å². The molecule has 0 radical (unpaired) electrons. The van der Waals surface area contributed by atoms with Gasteiger partial charge in [-0.3, -0.25) is 9.69 Å². The zero-order chi connectivity index (χ0) is 20.2. The van der Waals surface area contributed by atoms with E-state index in [2.05, 4.69) is 36.8 Å². The molecule has 1 saturated heterocycles. The molecule has 0 spiro atoms. The molecule has 2 aromatic heterocycles. The van der Waals surface area contributed by atoms with Gasteiger partial charge in [0.1, 0.15) is 11.4 Å². The van der Waals surface area contributed by atoms with Crippen molar-refractivity contribution in [1.82, 2.24) is 14.8 Å². The molecular weight excluding hydrogens is 454 g/mol. The minimum atomic E-state index is -0.0484. The molecule has 1 aromatic carbocycles. The van der Waals surface area contributed by atoms with Gasteiger partial charge in [0.25, 0.3) is 5.91 Å². The van der Waals surface area contributed by atoms with Crippen molar-refractivity contribution < 1.29 is 14.3 Å². The maximum atomic E-state index is 13.0. The fraction of sp³-hybridized carbons (Fsp3) is 0.381. The molecule has 0 atom stereocenters. The molecule has 0 bridgehead atoms. The number of carbonyl (C=O) groups is 1. The summed E-state index contributed by atoms with van der Waals surface area (Å²) in [6.07, 6.45) is 0. The molecule has 29 heavy (non-hydrogen) atoms. The Balaban J connectivity index is 1.54. The summed E-state index contributed by atoms with van der Waals surface area (Å²) in [4.78, 5) is 15.3. The van der Waals surface area contributed by atoms with Crippen molar-refractivity contribution in [3.63, 3.8) is 0 Å². The topological polar surface area (TPSA) is 55.7 Å². The number of nitrogens with zero attached hydrogens (tertiary/aromatic N) is 2. The molecule has 8 heteroatoms. The van der Waals surface area contributed by atoms with E-state index in [0.717, 1.165) is 58.2 Å². The Labute approximate surface area is 182 Å². The van der Waals surface area contributed by atoms with Crippen LogP contribution in [0.2, 0.25) is 0 Å². The van der Waals surface area contributed by atoms with E-state index in [1.165, 1.54) is 0 Å². The number of thiophene rings is 1. The monoisotopic (exact) mass is 477 g/mol. The third-order valence-electron chi connectivity index (χ3n) is 5.13. The lowest BCUT2D eigenvalue weighted by Crippen LogP contribution is -2.41. The van der Waals surface area contributed by atoms with Gasteiger partial charge in [0.15, 0.2) is 0 Å². The Morgan fingerprint density at radius 1 is 1.28 bits per heavy atom. The van der Waals surface area contributed by atoms with Crippen LogP contribution in [0.4, 0.5) is 0 Å². The van der Waals surface area contributed by atoms with E-state index < -0.39 is 0 Å². The number of methoxy groups -OCH3 is 1. The maximum Gasteiger partial charge on any atom is 0.268 e. The summed E-state index contributed by atoms with van der Waals surface area (Å²) in [6, 6.07) is 12.0. The highest BCUT2D eigenvalue weighted by molar-refractivity contribution is 9.11. The van der Waals surface area contributed by atoms with Crippen LogP contribution in [-0.2, 0) is 11.3 Å². The molecule has 3 heterocycles. The third-order valence-corrected chi connectivity index (χ3v) is 6.70. The first kappa shape index (κ1) is 20.4. The second kappa shape index (κ2) is 9.30. The fourth-order valence-corrected chi connectivity index (χ4v) is 5.18. The Hall–Kier alpha value is -1.87. The number of para-hydroxylation sites is 1. The van der Waals surface area contributed by atoms with Gasteiger partial charge in [0, 0.05) is 31.7 Å². The smallest absolute Gasteiger partial charge is 0.268 e. The second-order valence-corrected chi connectivity index (χ2v) is 9.40. The minimum absolute atomic E-state index is 0.0484. The number of hydrogen-bond donors (Lipinski definition) is 1. The summed E-state index contributed by atoms with van der Waals surface area (Å²) < 4.78 is 15.1. The van der Waals surface area contributed by atoms with E-state index in [-0.39, 0.29) is 5.91 Å². The Kier molecular flexibility index (Phi) is 6.54. The van der Waals surface area contributed by atoms with E-state index in [9.17, 15) is 4.79 Å². The lowest BCUT2D eigenvalue weighted by Gasteiger charge is -2.26. The Bertz CT molecular complexity index is 994. The predicted octanol–water partition coefficient (Wildman–Crippen LogP) is 3.58. The second-order valence-electron chi connectivity index (χ2n) is 6.94. The van der Waals surface area contributed by atoms with Gasteiger partial charge in [-0.2, -0.15) is 0 Å². The van der Waals surface area contributed by atoms with E-state index >= 15 is 0 Å². The molecule has 0 unspecified atom stereocenters. The molecule has 1 aliphatic rings. The van der Waals surface area contributed by atoms with Crippen LogP contribution in [0.1, 0.15) is 16.1 Å². The number of rotatable bonds is 7. The first-order valence-electron chi connectivity index (χ1n) is 9.64. The number of nitrogens with one attached hydrogen (secondary N) is 1. The first-order valence-corrected chi connectivity index (χ1v) is 11.3. The third kappa shape index (κ3) is 4.66. The number of hydrogen-bond acceptors (Lipinski definition) is 5. The number of ether oxygens (including phenoxy) is 2. The van der Waals surface area contributed by atoms with Crippen LogP contribution in [0.25, 0.3) is 10.2 Å². The highest BCUT2D eigenvalue weighted by atomic mass is 79.9. The number of benzene rings is 1. The normalized spacial score (nSPS) is 15.0. The molecule has 1 aliphatic heterocycles. The van der Waals surface area contributed by atoms with Crippen molar-refractivity contribution in [3.8, 4) is 5.75 Å². The quantitative estimate of drug-likeness (QED) is 0.564. The van der Waals surface area contributed by atoms with Crippen LogP contribution in [0.3, 0.4) is 0 Å². The van der Waals surface area contributed by atoms with Gasteiger partial charge in [-0.05, 0) is 34.1 Å². The SMILES string of the molecule is COc1ccccc1Cn1c(C(=O)NCCN2CCOCC2)cc2sc(Br)cc21. The number of carbonyl (C=O) groups excluding carboxylic acids is 1. The molecule has 1 N–H and O–H groups in total. The van der Waals surface area contributed by atoms with Gasteiger partial charge in [-0.25, -0.2) is 0 Å². The molecule has 0 saturated carbocycles. The molecule has 154 valence electrons. The van der Waals surface area contributed by atoms with Gasteiger partial charge < -0.3 is 19.4 Å². The van der Waals surface area contributed by atoms with Crippen molar-refractivity contribution in [2.24, 2.45) is 0 Å². The highest BCUT2D eigenvalue weighted by Crippen LogP contribution is 2.33. The van der Waals surface area contributed by atoms with Gasteiger partial charge in [-0.15, -0.1) is 11.3 Å². The van der Waals surface area contributed by atoms with Crippen molar-refractivity contribution in [3.05, 3.63) is 51.4 Å². The predicted molar refractivity (Wildman–Crippen MR) is 119 cm³/mol. The summed E-state index contributed by atoms with van der Waals surface area (Å²) in [7, 11) is 1.67. The standard InChI is InChI=1S/C21H24BrN3O3S/c1-27-18-5-3-2-4-15(18)14-25-16-13-20(22)29-19(16)12-17(25)21(26)23-6-7-24-8-10-28-11-9-24/h2-5,12-13H,6-11,14H2,1H3,(H,23,26). The van der Waals surface area contributed by atoms with E-state index in [0.29, 0.717) is 18.8 Å². The Morgan fingerprint density at radius 2 is 2.07 bits per heavy atom. The van der Waals surface area contributed by atoms with Crippen molar-refractivity contribution >= 4 is 43.4 Å². The van der Waals surface area contributed by atoms with E-state index in [4.69, 9.17) is 9.47 Å². The number of amides is 1. The number of fused-ring (bicyclic) bond motifs is 1. The van der Waals surface area contributed by atoms with Gasteiger partial charge >= 0.3 is 0 Å². The molecule has 1 fully saturated rings. The largest absolute Gasteiger partial charge is 0.496 e. The van der Waals surface area contributed by atoms with E-state index in [1.807, 2.05) is 30.3 Å². The summed E-state index contributed by atoms with van der Waals surface area (Å²) in [5, 5.41) is 3.09. The zero-order valence-electron chi connectivity index (χ0n) is 16.3. The van der Waals surface area contributed by atoms with Crippen molar-refractivity contribution in [2.45, 2.75) is 6.54 Å². The number of halogens is 1. The van der Waals surface area contributed by atoms with Crippen LogP contribution >= 0.6 is 27.3 Å². The van der Waals surface area contributed by atoms with Crippen LogP contribution in [0, 0.1) is 0 Å².